The zero-order valence-corrected chi connectivity index (χ0v) is 17.2. The highest BCUT2D eigenvalue weighted by Crippen LogP contribution is 2.29. The molecule has 1 saturated heterocycles. The summed E-state index contributed by atoms with van der Waals surface area (Å²) < 4.78 is 11.0. The van der Waals surface area contributed by atoms with Crippen LogP contribution in [0.4, 0.5) is 21.2 Å². The van der Waals surface area contributed by atoms with Crippen molar-refractivity contribution in [3.63, 3.8) is 0 Å². The maximum atomic E-state index is 12.4. The first kappa shape index (κ1) is 22.0. The molecule has 3 heterocycles. The second-order valence-electron chi connectivity index (χ2n) is 7.14. The lowest BCUT2D eigenvalue weighted by atomic mass is 9.81. The third-order valence-electron chi connectivity index (χ3n) is 4.79. The SMILES string of the molecule is CNC(=O)Nc1cc(Oc2ccc(NC(=O)NC(=O)C3(C)CCOCC3)nc2)ccn1. The number of nitrogens with one attached hydrogen (secondary N) is 4. The molecule has 2 aromatic rings. The number of amides is 5. The summed E-state index contributed by atoms with van der Waals surface area (Å²) in [5.41, 5.74) is -0.628. The summed E-state index contributed by atoms with van der Waals surface area (Å²) in [7, 11) is 1.50. The summed E-state index contributed by atoms with van der Waals surface area (Å²) in [6, 6.07) is 5.27. The summed E-state index contributed by atoms with van der Waals surface area (Å²) in [5, 5.41) is 9.86. The highest BCUT2D eigenvalue weighted by atomic mass is 16.5. The summed E-state index contributed by atoms with van der Waals surface area (Å²) in [6.07, 6.45) is 4.03. The molecule has 11 heteroatoms. The smallest absolute Gasteiger partial charge is 0.327 e. The Morgan fingerprint density at radius 1 is 1.00 bits per heavy atom. The number of aromatic nitrogens is 2. The molecule has 1 fully saturated rings. The summed E-state index contributed by atoms with van der Waals surface area (Å²) >= 11 is 0. The summed E-state index contributed by atoms with van der Waals surface area (Å²) in [6.45, 7) is 2.81. The van der Waals surface area contributed by atoms with Crippen molar-refractivity contribution in [3.05, 3.63) is 36.7 Å². The van der Waals surface area contributed by atoms with Gasteiger partial charge in [-0.15, -0.1) is 0 Å². The molecule has 1 aliphatic heterocycles. The Kier molecular flexibility index (Phi) is 6.98. The monoisotopic (exact) mass is 428 g/mol. The zero-order chi connectivity index (χ0) is 22.3. The highest BCUT2D eigenvalue weighted by molar-refractivity contribution is 6.02. The fourth-order valence-corrected chi connectivity index (χ4v) is 2.82. The van der Waals surface area contributed by atoms with E-state index < -0.39 is 17.5 Å². The van der Waals surface area contributed by atoms with E-state index in [-0.39, 0.29) is 11.7 Å². The first-order valence-corrected chi connectivity index (χ1v) is 9.67. The van der Waals surface area contributed by atoms with Gasteiger partial charge in [-0.25, -0.2) is 19.6 Å². The van der Waals surface area contributed by atoms with Gasteiger partial charge in [-0.3, -0.25) is 20.7 Å². The lowest BCUT2D eigenvalue weighted by molar-refractivity contribution is -0.133. The molecule has 0 aromatic carbocycles. The number of urea groups is 2. The number of nitrogens with zero attached hydrogens (tertiary/aromatic N) is 2. The maximum Gasteiger partial charge on any atom is 0.327 e. The lowest BCUT2D eigenvalue weighted by Crippen LogP contribution is -2.46. The quantitative estimate of drug-likeness (QED) is 0.573. The first-order valence-electron chi connectivity index (χ1n) is 9.67. The largest absolute Gasteiger partial charge is 0.456 e. The second-order valence-corrected chi connectivity index (χ2v) is 7.14. The molecule has 0 aliphatic carbocycles. The van der Waals surface area contributed by atoms with Gasteiger partial charge in [0.25, 0.3) is 0 Å². The van der Waals surface area contributed by atoms with Crippen LogP contribution in [-0.4, -0.2) is 48.2 Å². The van der Waals surface area contributed by atoms with Crippen LogP contribution in [0.5, 0.6) is 11.5 Å². The molecule has 2 aromatic heterocycles. The van der Waals surface area contributed by atoms with Crippen molar-refractivity contribution in [2.24, 2.45) is 5.41 Å². The van der Waals surface area contributed by atoms with E-state index in [2.05, 4.69) is 31.2 Å². The van der Waals surface area contributed by atoms with Crippen LogP contribution in [0.15, 0.2) is 36.7 Å². The number of hydrogen-bond acceptors (Lipinski definition) is 7. The normalized spacial score (nSPS) is 14.8. The number of rotatable bonds is 5. The van der Waals surface area contributed by atoms with Gasteiger partial charge in [-0.1, -0.05) is 6.92 Å². The van der Waals surface area contributed by atoms with Crippen molar-refractivity contribution in [2.45, 2.75) is 19.8 Å². The number of hydrogen-bond donors (Lipinski definition) is 4. The van der Waals surface area contributed by atoms with Crippen molar-refractivity contribution >= 4 is 29.6 Å². The van der Waals surface area contributed by atoms with E-state index in [4.69, 9.17) is 9.47 Å². The Morgan fingerprint density at radius 2 is 1.74 bits per heavy atom. The second kappa shape index (κ2) is 9.85. The minimum Gasteiger partial charge on any atom is -0.456 e. The number of ether oxygens (including phenoxy) is 2. The Labute approximate surface area is 178 Å². The van der Waals surface area contributed by atoms with Crippen LogP contribution in [0.2, 0.25) is 0 Å². The molecule has 164 valence electrons. The third-order valence-corrected chi connectivity index (χ3v) is 4.79. The number of carbonyl (C=O) groups excluding carboxylic acids is 3. The van der Waals surface area contributed by atoms with Gasteiger partial charge in [0.15, 0.2) is 0 Å². The van der Waals surface area contributed by atoms with Gasteiger partial charge < -0.3 is 14.8 Å². The maximum absolute atomic E-state index is 12.4. The van der Waals surface area contributed by atoms with Crippen LogP contribution in [0.25, 0.3) is 0 Å². The molecule has 0 unspecified atom stereocenters. The number of pyridine rings is 2. The highest BCUT2D eigenvalue weighted by Gasteiger charge is 2.36. The van der Waals surface area contributed by atoms with Crippen molar-refractivity contribution in [3.8, 4) is 11.5 Å². The minimum atomic E-state index is -0.655. The molecule has 31 heavy (non-hydrogen) atoms. The van der Waals surface area contributed by atoms with Crippen LogP contribution in [0.1, 0.15) is 19.8 Å². The molecule has 0 spiro atoms. The molecular weight excluding hydrogens is 404 g/mol. The standard InChI is InChI=1S/C20H24N6O5/c1-20(6-9-30-10-7-20)17(27)26-19(29)24-15-4-3-14(12-23-15)31-13-5-8-22-16(11-13)25-18(28)21-2/h3-5,8,11-12H,6-7,9-10H2,1-2H3,(H2,21,22,25,28)(H2,23,24,26,27,29). The molecule has 0 bridgehead atoms. The average Bonchev–Trinajstić information content (AvgIpc) is 2.75. The average molecular weight is 428 g/mol. The van der Waals surface area contributed by atoms with Gasteiger partial charge >= 0.3 is 12.1 Å². The Hall–Kier alpha value is -3.73. The van der Waals surface area contributed by atoms with E-state index in [0.717, 1.165) is 0 Å². The fourth-order valence-electron chi connectivity index (χ4n) is 2.82. The molecule has 5 amide bonds. The molecule has 0 atom stereocenters. The van der Waals surface area contributed by atoms with E-state index in [1.807, 2.05) is 6.92 Å². The van der Waals surface area contributed by atoms with Gasteiger partial charge in [0, 0.05) is 32.5 Å². The van der Waals surface area contributed by atoms with Gasteiger partial charge in [0.2, 0.25) is 5.91 Å². The number of anilines is 2. The number of carbonyl (C=O) groups is 3. The van der Waals surface area contributed by atoms with Gasteiger partial charge in [-0.05, 0) is 31.0 Å². The van der Waals surface area contributed by atoms with Crippen LogP contribution in [0.3, 0.4) is 0 Å². The van der Waals surface area contributed by atoms with Gasteiger partial charge in [0.1, 0.15) is 23.1 Å². The van der Waals surface area contributed by atoms with E-state index in [1.165, 1.54) is 19.4 Å². The Morgan fingerprint density at radius 3 is 2.42 bits per heavy atom. The van der Waals surface area contributed by atoms with Gasteiger partial charge in [-0.2, -0.15) is 0 Å². The van der Waals surface area contributed by atoms with E-state index >= 15 is 0 Å². The number of imide groups is 1. The Bertz CT molecular complexity index is 943. The molecule has 3 rings (SSSR count). The van der Waals surface area contributed by atoms with Crippen LogP contribution >= 0.6 is 0 Å². The van der Waals surface area contributed by atoms with E-state index in [0.29, 0.717) is 43.4 Å². The van der Waals surface area contributed by atoms with Crippen LogP contribution in [0, 0.1) is 5.41 Å². The third kappa shape index (κ3) is 6.12. The van der Waals surface area contributed by atoms with E-state index in [9.17, 15) is 14.4 Å². The van der Waals surface area contributed by atoms with E-state index in [1.54, 1.807) is 24.3 Å². The first-order chi connectivity index (χ1) is 14.9. The summed E-state index contributed by atoms with van der Waals surface area (Å²) in [5.74, 6) is 1.09. The van der Waals surface area contributed by atoms with Crippen molar-refractivity contribution in [2.75, 3.05) is 30.9 Å². The predicted molar refractivity (Wildman–Crippen MR) is 112 cm³/mol. The molecule has 11 nitrogen and oxygen atoms in total. The summed E-state index contributed by atoms with van der Waals surface area (Å²) in [4.78, 5) is 44.0. The molecule has 0 radical (unpaired) electrons. The minimum absolute atomic E-state index is 0.256. The predicted octanol–water partition coefficient (Wildman–Crippen LogP) is 2.49. The van der Waals surface area contributed by atoms with Gasteiger partial charge in [0.05, 0.1) is 11.6 Å². The molecular formula is C20H24N6O5. The zero-order valence-electron chi connectivity index (χ0n) is 17.2. The van der Waals surface area contributed by atoms with Crippen LogP contribution < -0.4 is 26.0 Å². The molecule has 1 aliphatic rings. The van der Waals surface area contributed by atoms with Crippen molar-refractivity contribution in [1.82, 2.24) is 20.6 Å². The Balaban J connectivity index is 1.54. The molecule has 0 saturated carbocycles. The topological polar surface area (TPSA) is 144 Å². The van der Waals surface area contributed by atoms with Crippen molar-refractivity contribution in [1.29, 1.82) is 0 Å². The fraction of sp³-hybridized carbons (Fsp3) is 0.350. The lowest BCUT2D eigenvalue weighted by Gasteiger charge is -2.31. The van der Waals surface area contributed by atoms with Crippen molar-refractivity contribution < 1.29 is 23.9 Å². The molecule has 4 N–H and O–H groups in total. The van der Waals surface area contributed by atoms with Crippen LogP contribution in [-0.2, 0) is 9.53 Å².